The van der Waals surface area contributed by atoms with Crippen LogP contribution in [0, 0.1) is 0 Å². The Balaban J connectivity index is 1.97. The molecule has 1 aliphatic rings. The Morgan fingerprint density at radius 1 is 1.45 bits per heavy atom. The number of carbonyl (C=O) groups is 1. The van der Waals surface area contributed by atoms with E-state index in [1.807, 2.05) is 12.3 Å². The molecule has 0 aliphatic heterocycles. The molecule has 4 nitrogen and oxygen atoms in total. The van der Waals surface area contributed by atoms with Crippen LogP contribution in [0.15, 0.2) is 30.6 Å². The smallest absolute Gasteiger partial charge is 0.356 e. The Bertz CT molecular complexity index is 670. The van der Waals surface area contributed by atoms with Crippen LogP contribution in [0.1, 0.15) is 48.7 Å². The van der Waals surface area contributed by atoms with E-state index in [4.69, 9.17) is 4.74 Å². The molecule has 2 aromatic heterocycles. The van der Waals surface area contributed by atoms with Gasteiger partial charge in [0.2, 0.25) is 0 Å². The molecule has 0 atom stereocenters. The minimum atomic E-state index is -0.329. The van der Waals surface area contributed by atoms with E-state index in [-0.39, 0.29) is 5.97 Å². The molecule has 0 N–H and O–H groups in total. The van der Waals surface area contributed by atoms with Crippen LogP contribution in [0.3, 0.4) is 0 Å². The number of rotatable bonds is 3. The van der Waals surface area contributed by atoms with Gasteiger partial charge in [-0.1, -0.05) is 6.08 Å². The molecule has 0 bridgehead atoms. The first-order valence-electron chi connectivity index (χ1n) is 7.13. The van der Waals surface area contributed by atoms with E-state index in [1.165, 1.54) is 24.0 Å². The predicted octanol–water partition coefficient (Wildman–Crippen LogP) is 3.47. The number of aromatic nitrogens is 2. The zero-order valence-corrected chi connectivity index (χ0v) is 11.6. The van der Waals surface area contributed by atoms with Crippen molar-refractivity contribution in [2.75, 3.05) is 6.61 Å². The fourth-order valence-electron chi connectivity index (χ4n) is 2.64. The van der Waals surface area contributed by atoms with Gasteiger partial charge in [0.15, 0.2) is 5.69 Å². The topological polar surface area (TPSA) is 43.6 Å². The van der Waals surface area contributed by atoms with Crippen LogP contribution in [0.5, 0.6) is 0 Å². The highest BCUT2D eigenvalue weighted by Gasteiger charge is 2.14. The monoisotopic (exact) mass is 270 g/mol. The van der Waals surface area contributed by atoms with Gasteiger partial charge in [0.05, 0.1) is 12.8 Å². The lowest BCUT2D eigenvalue weighted by Crippen LogP contribution is -2.07. The molecule has 20 heavy (non-hydrogen) atoms. The lowest BCUT2D eigenvalue weighted by Gasteiger charge is -2.13. The summed E-state index contributed by atoms with van der Waals surface area (Å²) in [5.41, 5.74) is 3.86. The van der Waals surface area contributed by atoms with Crippen LogP contribution in [-0.4, -0.2) is 22.0 Å². The molecule has 0 amide bonds. The summed E-state index contributed by atoms with van der Waals surface area (Å²) in [7, 11) is 0. The lowest BCUT2D eigenvalue weighted by molar-refractivity contribution is 0.0518. The normalized spacial score (nSPS) is 15.2. The zero-order valence-electron chi connectivity index (χ0n) is 11.6. The largest absolute Gasteiger partial charge is 0.461 e. The molecule has 0 saturated carbocycles. The zero-order chi connectivity index (χ0) is 13.9. The Morgan fingerprint density at radius 2 is 2.35 bits per heavy atom. The lowest BCUT2D eigenvalue weighted by atomic mass is 9.94. The Labute approximate surface area is 118 Å². The number of pyridine rings is 1. The van der Waals surface area contributed by atoms with E-state index in [1.54, 1.807) is 17.5 Å². The Morgan fingerprint density at radius 3 is 3.10 bits per heavy atom. The van der Waals surface area contributed by atoms with E-state index in [0.29, 0.717) is 12.3 Å². The number of esters is 1. The maximum absolute atomic E-state index is 11.8. The minimum Gasteiger partial charge on any atom is -0.461 e. The number of allylic oxidation sites excluding steroid dienone is 2. The van der Waals surface area contributed by atoms with Gasteiger partial charge in [0.1, 0.15) is 5.65 Å². The van der Waals surface area contributed by atoms with Gasteiger partial charge in [-0.2, -0.15) is 0 Å². The molecule has 0 unspecified atom stereocenters. The molecule has 0 radical (unpaired) electrons. The van der Waals surface area contributed by atoms with Crippen LogP contribution in [0.25, 0.3) is 11.2 Å². The number of hydrogen-bond acceptors (Lipinski definition) is 3. The molecule has 2 heterocycles. The van der Waals surface area contributed by atoms with Gasteiger partial charge in [-0.25, -0.2) is 9.78 Å². The average molecular weight is 270 g/mol. The molecule has 104 valence electrons. The van der Waals surface area contributed by atoms with Crippen LogP contribution < -0.4 is 0 Å². The molecule has 2 aromatic rings. The van der Waals surface area contributed by atoms with Crippen molar-refractivity contribution in [1.82, 2.24) is 9.38 Å². The van der Waals surface area contributed by atoms with Gasteiger partial charge in [-0.05, 0) is 55.9 Å². The first-order valence-corrected chi connectivity index (χ1v) is 7.13. The van der Waals surface area contributed by atoms with E-state index in [2.05, 4.69) is 17.1 Å². The summed E-state index contributed by atoms with van der Waals surface area (Å²) in [6.07, 6.45) is 10.6. The van der Waals surface area contributed by atoms with Crippen molar-refractivity contribution in [2.45, 2.75) is 32.6 Å². The van der Waals surface area contributed by atoms with Crippen LogP contribution in [-0.2, 0) is 4.74 Å². The summed E-state index contributed by atoms with van der Waals surface area (Å²) in [4.78, 5) is 16.1. The number of hydrogen-bond donors (Lipinski definition) is 0. The first kappa shape index (κ1) is 12.9. The summed E-state index contributed by atoms with van der Waals surface area (Å²) in [5, 5.41) is 0. The first-order chi connectivity index (χ1) is 9.79. The van der Waals surface area contributed by atoms with Gasteiger partial charge >= 0.3 is 5.97 Å². The summed E-state index contributed by atoms with van der Waals surface area (Å²) in [6.45, 7) is 2.17. The van der Waals surface area contributed by atoms with Crippen molar-refractivity contribution in [3.05, 3.63) is 41.9 Å². The van der Waals surface area contributed by atoms with Crippen LogP contribution in [0.2, 0.25) is 0 Å². The predicted molar refractivity (Wildman–Crippen MR) is 77.6 cm³/mol. The second-order valence-corrected chi connectivity index (χ2v) is 4.98. The molecule has 0 saturated heterocycles. The molecule has 3 rings (SSSR count). The van der Waals surface area contributed by atoms with Crippen molar-refractivity contribution in [3.63, 3.8) is 0 Å². The molecule has 0 fully saturated rings. The third-order valence-corrected chi connectivity index (χ3v) is 3.66. The summed E-state index contributed by atoms with van der Waals surface area (Å²) in [5.74, 6) is -0.329. The van der Waals surface area contributed by atoms with Crippen molar-refractivity contribution < 1.29 is 9.53 Å². The van der Waals surface area contributed by atoms with E-state index >= 15 is 0 Å². The van der Waals surface area contributed by atoms with E-state index < -0.39 is 0 Å². The highest BCUT2D eigenvalue weighted by molar-refractivity contribution is 5.88. The third-order valence-electron chi connectivity index (χ3n) is 3.66. The molecule has 1 aliphatic carbocycles. The maximum atomic E-state index is 11.8. The maximum Gasteiger partial charge on any atom is 0.356 e. The number of ether oxygens (including phenoxy) is 1. The van der Waals surface area contributed by atoms with Gasteiger partial charge in [0.25, 0.3) is 0 Å². The summed E-state index contributed by atoms with van der Waals surface area (Å²) in [6, 6.07) is 4.09. The van der Waals surface area contributed by atoms with Gasteiger partial charge in [-0.3, -0.25) is 4.40 Å². The molecule has 4 heteroatoms. The van der Waals surface area contributed by atoms with Crippen molar-refractivity contribution in [3.8, 4) is 0 Å². The quantitative estimate of drug-likeness (QED) is 0.802. The van der Waals surface area contributed by atoms with Crippen molar-refractivity contribution in [2.24, 2.45) is 0 Å². The highest BCUT2D eigenvalue weighted by Crippen LogP contribution is 2.27. The third kappa shape index (κ3) is 2.33. The van der Waals surface area contributed by atoms with Crippen molar-refractivity contribution in [1.29, 1.82) is 0 Å². The molecule has 0 spiro atoms. The summed E-state index contributed by atoms with van der Waals surface area (Å²) < 4.78 is 6.81. The standard InChI is InChI=1S/C16H18N2O2/c1-2-20-16(19)14-11-17-15-10-13(8-9-18(14)15)12-6-4-3-5-7-12/h6,8-11H,2-5,7H2,1H3. The van der Waals surface area contributed by atoms with Crippen LogP contribution >= 0.6 is 0 Å². The SMILES string of the molecule is CCOC(=O)c1cnc2cc(C3=CCCCC3)ccn12. The fraction of sp³-hybridized carbons (Fsp3) is 0.375. The minimum absolute atomic E-state index is 0.329. The average Bonchev–Trinajstić information content (AvgIpc) is 2.91. The van der Waals surface area contributed by atoms with E-state index in [0.717, 1.165) is 18.5 Å². The van der Waals surface area contributed by atoms with Gasteiger partial charge in [0, 0.05) is 6.20 Å². The second-order valence-electron chi connectivity index (χ2n) is 4.98. The number of fused-ring (bicyclic) bond motifs is 1. The number of carbonyl (C=O) groups excluding carboxylic acids is 1. The van der Waals surface area contributed by atoms with Crippen LogP contribution in [0.4, 0.5) is 0 Å². The summed E-state index contributed by atoms with van der Waals surface area (Å²) >= 11 is 0. The Hall–Kier alpha value is -2.10. The molecule has 0 aromatic carbocycles. The van der Waals surface area contributed by atoms with Gasteiger partial charge in [-0.15, -0.1) is 0 Å². The van der Waals surface area contributed by atoms with Crippen molar-refractivity contribution >= 4 is 17.2 Å². The molecular formula is C16H18N2O2. The number of nitrogens with zero attached hydrogens (tertiary/aromatic N) is 2. The van der Waals surface area contributed by atoms with E-state index in [9.17, 15) is 4.79 Å². The second kappa shape index (κ2) is 5.49. The fourth-order valence-corrected chi connectivity index (χ4v) is 2.64. The van der Waals surface area contributed by atoms with Gasteiger partial charge < -0.3 is 4.74 Å². The molecular weight excluding hydrogens is 252 g/mol. The Kier molecular flexibility index (Phi) is 3.54. The number of imidazole rings is 1. The highest BCUT2D eigenvalue weighted by atomic mass is 16.5.